The van der Waals surface area contributed by atoms with Crippen molar-refractivity contribution in [1.82, 2.24) is 5.53 Å². The molecule has 0 saturated carbocycles. The third-order valence-electron chi connectivity index (χ3n) is 1.26. The monoisotopic (exact) mass is 134 g/mol. The Morgan fingerprint density at radius 1 is 1.10 bits per heavy atom. The van der Waals surface area contributed by atoms with Gasteiger partial charge in [-0.05, 0) is 17.7 Å². The van der Waals surface area contributed by atoms with Gasteiger partial charge in [-0.3, -0.25) is 0 Å². The van der Waals surface area contributed by atoms with E-state index in [9.17, 15) is 0 Å². The van der Waals surface area contributed by atoms with Crippen LogP contribution in [0, 0.1) is 0 Å². The minimum absolute atomic E-state index is 0.190. The van der Waals surface area contributed by atoms with Crippen LogP contribution in [0.5, 0.6) is 5.75 Å². The van der Waals surface area contributed by atoms with Crippen molar-refractivity contribution < 1.29 is 5.11 Å². The number of phenolic OH excluding ortho intramolecular Hbond substituents is 1. The summed E-state index contributed by atoms with van der Waals surface area (Å²) in [5.41, 5.74) is 3.43. The van der Waals surface area contributed by atoms with E-state index in [4.69, 9.17) is 5.11 Å². The minimum atomic E-state index is 0.190. The van der Waals surface area contributed by atoms with Crippen LogP contribution in [-0.4, -0.2) is 5.11 Å². The standard InChI is InChI=1S/C6H4N3O/c10-4-1-2-5-6(3-4)8-9-7-5/h1-3,10H. The van der Waals surface area contributed by atoms with Crippen LogP contribution in [0.1, 0.15) is 0 Å². The normalized spacial score (nSPS) is 12.8. The van der Waals surface area contributed by atoms with E-state index in [2.05, 4.69) is 15.7 Å². The summed E-state index contributed by atoms with van der Waals surface area (Å²) in [5.74, 6) is 0.190. The molecule has 0 fully saturated rings. The van der Waals surface area contributed by atoms with Crippen LogP contribution in [0.15, 0.2) is 28.4 Å². The van der Waals surface area contributed by atoms with Gasteiger partial charge in [-0.1, -0.05) is 0 Å². The van der Waals surface area contributed by atoms with Gasteiger partial charge in [0.05, 0.1) is 0 Å². The van der Waals surface area contributed by atoms with Crippen molar-refractivity contribution in [2.45, 2.75) is 0 Å². The van der Waals surface area contributed by atoms with Crippen molar-refractivity contribution in [3.63, 3.8) is 0 Å². The second-order valence-corrected chi connectivity index (χ2v) is 1.96. The zero-order chi connectivity index (χ0) is 6.97. The van der Waals surface area contributed by atoms with Crippen molar-refractivity contribution in [1.29, 1.82) is 0 Å². The average molecular weight is 134 g/mol. The fraction of sp³-hybridized carbons (Fsp3) is 0. The Labute approximate surface area is 56.5 Å². The maximum Gasteiger partial charge on any atom is 0.119 e. The number of aromatic hydroxyl groups is 1. The summed E-state index contributed by atoms with van der Waals surface area (Å²) in [6.07, 6.45) is 0. The van der Waals surface area contributed by atoms with Crippen molar-refractivity contribution in [3.8, 4) is 5.75 Å². The highest BCUT2D eigenvalue weighted by molar-refractivity contribution is 5.18. The van der Waals surface area contributed by atoms with Crippen LogP contribution in [-0.2, 0) is 0 Å². The van der Waals surface area contributed by atoms with Crippen molar-refractivity contribution in [3.05, 3.63) is 28.9 Å². The predicted molar refractivity (Wildman–Crippen MR) is 32.6 cm³/mol. The van der Waals surface area contributed by atoms with Gasteiger partial charge in [0.2, 0.25) is 0 Å². The lowest BCUT2D eigenvalue weighted by Gasteiger charge is -1.83. The summed E-state index contributed by atoms with van der Waals surface area (Å²) in [7, 11) is 0. The molecule has 4 heteroatoms. The zero-order valence-electron chi connectivity index (χ0n) is 5.02. The van der Waals surface area contributed by atoms with Gasteiger partial charge < -0.3 is 5.11 Å². The lowest BCUT2D eigenvalue weighted by Crippen LogP contribution is -2.20. The van der Waals surface area contributed by atoms with Crippen LogP contribution in [0.3, 0.4) is 0 Å². The summed E-state index contributed by atoms with van der Waals surface area (Å²) < 4.78 is 0. The Morgan fingerprint density at radius 3 is 2.80 bits per heavy atom. The van der Waals surface area contributed by atoms with Crippen molar-refractivity contribution in [2.24, 2.45) is 10.2 Å². The third kappa shape index (κ3) is 0.621. The second kappa shape index (κ2) is 1.70. The van der Waals surface area contributed by atoms with Crippen LogP contribution >= 0.6 is 0 Å². The topological polar surface area (TPSA) is 59.1 Å². The Bertz CT molecular complexity index is 371. The van der Waals surface area contributed by atoms with E-state index in [-0.39, 0.29) is 5.75 Å². The molecule has 4 nitrogen and oxygen atoms in total. The fourth-order valence-electron chi connectivity index (χ4n) is 0.795. The largest absolute Gasteiger partial charge is 0.508 e. The van der Waals surface area contributed by atoms with Gasteiger partial charge in [0, 0.05) is 6.07 Å². The third-order valence-corrected chi connectivity index (χ3v) is 1.26. The average Bonchev–Trinajstić information content (AvgIpc) is 2.33. The Kier molecular flexibility index (Phi) is 0.887. The quantitative estimate of drug-likeness (QED) is 0.490. The predicted octanol–water partition coefficient (Wildman–Crippen LogP) is -0.921. The molecule has 0 bridgehead atoms. The van der Waals surface area contributed by atoms with Crippen LogP contribution in [0.25, 0.3) is 0 Å². The first kappa shape index (κ1) is 5.22. The lowest BCUT2D eigenvalue weighted by atomic mass is 10.3. The first-order valence-electron chi connectivity index (χ1n) is 2.81. The summed E-state index contributed by atoms with van der Waals surface area (Å²) in [6.45, 7) is 0. The molecule has 0 saturated heterocycles. The van der Waals surface area contributed by atoms with E-state index in [1.165, 1.54) is 6.07 Å². The molecule has 0 aliphatic carbocycles. The highest BCUT2D eigenvalue weighted by Gasteiger charge is 1.96. The van der Waals surface area contributed by atoms with E-state index in [1.54, 1.807) is 12.1 Å². The molecular formula is C6H4N3O. The lowest BCUT2D eigenvalue weighted by molar-refractivity contribution is 0.474. The molecule has 0 aromatic heterocycles. The highest BCUT2D eigenvalue weighted by atomic mass is 16.3. The van der Waals surface area contributed by atoms with Crippen LogP contribution in [0.4, 0.5) is 0 Å². The Morgan fingerprint density at radius 2 is 1.90 bits per heavy atom. The van der Waals surface area contributed by atoms with Gasteiger partial charge >= 0.3 is 0 Å². The van der Waals surface area contributed by atoms with E-state index in [1.807, 2.05) is 0 Å². The molecule has 10 heavy (non-hydrogen) atoms. The highest BCUT2D eigenvalue weighted by Crippen LogP contribution is 1.98. The molecule has 49 valence electrons. The molecule has 2 rings (SSSR count). The maximum atomic E-state index is 8.95. The van der Waals surface area contributed by atoms with Crippen LogP contribution < -0.4 is 16.2 Å². The van der Waals surface area contributed by atoms with Gasteiger partial charge in [0.15, 0.2) is 0 Å². The number of rotatable bonds is 0. The van der Waals surface area contributed by atoms with Gasteiger partial charge in [-0.2, -0.15) is 0 Å². The number of nitrogens with zero attached hydrogens (tertiary/aromatic N) is 3. The maximum absolute atomic E-state index is 8.95. The summed E-state index contributed by atoms with van der Waals surface area (Å²) in [4.78, 5) is 0. The first-order valence-corrected chi connectivity index (χ1v) is 2.81. The first-order chi connectivity index (χ1) is 4.86. The molecule has 1 N–H and O–H groups in total. The minimum Gasteiger partial charge on any atom is -0.508 e. The molecular weight excluding hydrogens is 130 g/mol. The SMILES string of the molecule is Oc1ccc2c(c1)=N[N]N=2. The summed E-state index contributed by atoms with van der Waals surface area (Å²) in [6, 6.07) is 4.75. The van der Waals surface area contributed by atoms with Crippen LogP contribution in [0.2, 0.25) is 0 Å². The van der Waals surface area contributed by atoms with E-state index < -0.39 is 0 Å². The van der Waals surface area contributed by atoms with Crippen molar-refractivity contribution >= 4 is 0 Å². The molecule has 0 atom stereocenters. The van der Waals surface area contributed by atoms with Gasteiger partial charge in [0.1, 0.15) is 16.5 Å². The molecule has 1 aliphatic rings. The number of benzene rings is 1. The molecule has 1 aromatic rings. The zero-order valence-corrected chi connectivity index (χ0v) is 5.02. The smallest absolute Gasteiger partial charge is 0.119 e. The molecule has 0 amide bonds. The molecule has 1 heterocycles. The Balaban J connectivity index is 2.88. The van der Waals surface area contributed by atoms with Gasteiger partial charge in [-0.15, -0.1) is 10.2 Å². The second-order valence-electron chi connectivity index (χ2n) is 1.96. The molecule has 1 radical (unpaired) electrons. The molecule has 1 aromatic carbocycles. The molecule has 0 spiro atoms. The van der Waals surface area contributed by atoms with Gasteiger partial charge in [-0.25, -0.2) is 0 Å². The summed E-state index contributed by atoms with van der Waals surface area (Å²) >= 11 is 0. The number of phenols is 1. The Hall–Kier alpha value is -1.58. The van der Waals surface area contributed by atoms with E-state index >= 15 is 0 Å². The molecule has 1 aliphatic heterocycles. The van der Waals surface area contributed by atoms with Gasteiger partial charge in [0.25, 0.3) is 0 Å². The molecule has 0 unspecified atom stereocenters. The van der Waals surface area contributed by atoms with E-state index in [0.717, 1.165) is 0 Å². The number of fused-ring (bicyclic) bond motifs is 1. The summed E-state index contributed by atoms with van der Waals surface area (Å²) in [5, 5.41) is 17.6. The number of hydrogen-bond donors (Lipinski definition) is 1. The fourth-order valence-corrected chi connectivity index (χ4v) is 0.795. The van der Waals surface area contributed by atoms with Crippen molar-refractivity contribution in [2.75, 3.05) is 0 Å². The van der Waals surface area contributed by atoms with E-state index in [0.29, 0.717) is 10.7 Å². The number of hydrogen-bond acceptors (Lipinski definition) is 3.